The van der Waals surface area contributed by atoms with Gasteiger partial charge in [-0.05, 0) is 12.1 Å². The Morgan fingerprint density at radius 3 is 2.51 bits per heavy atom. The molecule has 35 heavy (non-hydrogen) atoms. The van der Waals surface area contributed by atoms with Gasteiger partial charge in [0, 0.05) is 23.0 Å². The lowest BCUT2D eigenvalue weighted by atomic mass is 10.0. The van der Waals surface area contributed by atoms with Gasteiger partial charge >= 0.3 is 12.2 Å². The molecular weight excluding hydrogens is 463 g/mol. The molecule has 3 heterocycles. The van der Waals surface area contributed by atoms with Crippen molar-refractivity contribution in [1.29, 1.82) is 0 Å². The molecule has 0 fully saturated rings. The van der Waals surface area contributed by atoms with Crippen molar-refractivity contribution in [1.82, 2.24) is 15.2 Å². The third kappa shape index (κ3) is 4.51. The maximum Gasteiger partial charge on any atom is 0.417 e. The van der Waals surface area contributed by atoms with Crippen molar-refractivity contribution in [2.45, 2.75) is 18.6 Å². The highest BCUT2D eigenvalue weighted by Gasteiger charge is 2.32. The first-order chi connectivity index (χ1) is 16.8. The number of nitrogens with zero attached hydrogens (tertiary/aromatic N) is 4. The van der Waals surface area contributed by atoms with Gasteiger partial charge in [-0.25, -0.2) is 4.98 Å². The number of anilines is 3. The van der Waals surface area contributed by atoms with Crippen LogP contribution in [0.5, 0.6) is 0 Å². The van der Waals surface area contributed by atoms with Crippen LogP contribution in [0.3, 0.4) is 0 Å². The van der Waals surface area contributed by atoms with Gasteiger partial charge in [-0.3, -0.25) is 4.99 Å². The molecule has 0 bridgehead atoms. The number of alkyl halides is 3. The highest BCUT2D eigenvalue weighted by molar-refractivity contribution is 6.16. The predicted octanol–water partition coefficient (Wildman–Crippen LogP) is 3.75. The summed E-state index contributed by atoms with van der Waals surface area (Å²) in [5.41, 5.74) is 7.29. The van der Waals surface area contributed by atoms with E-state index in [0.717, 1.165) is 17.2 Å². The van der Waals surface area contributed by atoms with Crippen LogP contribution in [-0.4, -0.2) is 38.4 Å². The van der Waals surface area contributed by atoms with Gasteiger partial charge in [0.05, 0.1) is 17.0 Å². The molecule has 0 amide bonds. The zero-order valence-corrected chi connectivity index (χ0v) is 17.9. The molecule has 0 radical (unpaired) electrons. The van der Waals surface area contributed by atoms with Gasteiger partial charge in [0.15, 0.2) is 18.1 Å². The van der Waals surface area contributed by atoms with Gasteiger partial charge in [0.2, 0.25) is 0 Å². The highest BCUT2D eigenvalue weighted by atomic mass is 19.4. The molecule has 9 nitrogen and oxygen atoms in total. The van der Waals surface area contributed by atoms with E-state index in [2.05, 4.69) is 25.8 Å². The number of rotatable bonds is 4. The summed E-state index contributed by atoms with van der Waals surface area (Å²) in [6.45, 7) is 0. The first-order valence-corrected chi connectivity index (χ1v) is 10.4. The van der Waals surface area contributed by atoms with Gasteiger partial charge in [-0.2, -0.15) is 13.2 Å². The number of halogens is 3. The van der Waals surface area contributed by atoms with E-state index in [1.807, 2.05) is 54.6 Å². The largest absolute Gasteiger partial charge is 0.417 e. The number of nitrogen functional groups attached to an aromatic ring is 1. The molecule has 1 aliphatic rings. The predicted molar refractivity (Wildman–Crippen MR) is 123 cm³/mol. The van der Waals surface area contributed by atoms with E-state index in [4.69, 9.17) is 15.1 Å². The Bertz CT molecular complexity index is 1390. The SMILES string of the molecule is Nc1cc(C(F)(F)F)cnc1-c1nnc(NC2N=C(c3ccccc3)c3ccccc3NC2O)o1. The first kappa shape index (κ1) is 22.3. The number of aliphatic hydroxyl groups is 1. The normalized spacial score (nSPS) is 17.7. The molecule has 0 saturated carbocycles. The molecule has 2 atom stereocenters. The van der Waals surface area contributed by atoms with Crippen LogP contribution in [0.1, 0.15) is 16.7 Å². The van der Waals surface area contributed by atoms with E-state index in [1.54, 1.807) is 0 Å². The maximum absolute atomic E-state index is 12.9. The molecular formula is C23H18F3N7O2. The third-order valence-electron chi connectivity index (χ3n) is 5.24. The number of fused-ring (bicyclic) bond motifs is 1. The van der Waals surface area contributed by atoms with Crippen LogP contribution < -0.4 is 16.4 Å². The Hall–Kier alpha value is -4.45. The number of pyridine rings is 1. The van der Waals surface area contributed by atoms with Crippen molar-refractivity contribution in [3.8, 4) is 11.6 Å². The number of nitrogens with one attached hydrogen (secondary N) is 2. The molecule has 2 aromatic heterocycles. The summed E-state index contributed by atoms with van der Waals surface area (Å²) in [4.78, 5) is 8.43. The second-order valence-corrected chi connectivity index (χ2v) is 7.64. The van der Waals surface area contributed by atoms with Crippen molar-refractivity contribution >= 4 is 23.1 Å². The lowest BCUT2D eigenvalue weighted by Gasteiger charge is -2.19. The molecule has 5 rings (SSSR count). The molecule has 178 valence electrons. The number of aromatic nitrogens is 3. The molecule has 2 unspecified atom stereocenters. The quantitative estimate of drug-likeness (QED) is 0.346. The van der Waals surface area contributed by atoms with Crippen LogP contribution in [0.15, 0.2) is 76.3 Å². The van der Waals surface area contributed by atoms with Crippen LogP contribution in [0.2, 0.25) is 0 Å². The van der Waals surface area contributed by atoms with E-state index in [9.17, 15) is 18.3 Å². The minimum Gasteiger partial charge on any atom is -0.402 e. The van der Waals surface area contributed by atoms with Crippen molar-refractivity contribution in [2.24, 2.45) is 4.99 Å². The summed E-state index contributed by atoms with van der Waals surface area (Å²) in [7, 11) is 0. The zero-order chi connectivity index (χ0) is 24.6. The Balaban J connectivity index is 1.46. The number of benzodiazepines with no additional fused rings is 1. The Morgan fingerprint density at radius 2 is 1.77 bits per heavy atom. The number of benzene rings is 2. The van der Waals surface area contributed by atoms with Crippen LogP contribution >= 0.6 is 0 Å². The maximum atomic E-state index is 12.9. The van der Waals surface area contributed by atoms with Crippen LogP contribution in [0.4, 0.5) is 30.6 Å². The van der Waals surface area contributed by atoms with Crippen LogP contribution in [0, 0.1) is 0 Å². The zero-order valence-electron chi connectivity index (χ0n) is 17.9. The topological polar surface area (TPSA) is 134 Å². The van der Waals surface area contributed by atoms with E-state index in [0.29, 0.717) is 17.6 Å². The van der Waals surface area contributed by atoms with E-state index < -0.39 is 24.1 Å². The second-order valence-electron chi connectivity index (χ2n) is 7.64. The molecule has 2 aromatic carbocycles. The van der Waals surface area contributed by atoms with Gasteiger partial charge in [-0.15, -0.1) is 5.10 Å². The van der Waals surface area contributed by atoms with Crippen molar-refractivity contribution in [3.63, 3.8) is 0 Å². The summed E-state index contributed by atoms with van der Waals surface area (Å²) in [6, 6.07) is 17.5. The number of hydrogen-bond donors (Lipinski definition) is 4. The molecule has 1 aliphatic heterocycles. The minimum absolute atomic E-state index is 0.0982. The van der Waals surface area contributed by atoms with E-state index in [1.165, 1.54) is 0 Å². The Morgan fingerprint density at radius 1 is 1.03 bits per heavy atom. The summed E-state index contributed by atoms with van der Waals surface area (Å²) in [5.74, 6) is -0.189. The Labute approximate surface area is 196 Å². The molecule has 4 aromatic rings. The fourth-order valence-electron chi connectivity index (χ4n) is 3.59. The number of aliphatic imine (C=N–C) groups is 1. The fourth-order valence-corrected chi connectivity index (χ4v) is 3.59. The molecule has 12 heteroatoms. The smallest absolute Gasteiger partial charge is 0.402 e. The van der Waals surface area contributed by atoms with Gasteiger partial charge in [-0.1, -0.05) is 53.6 Å². The van der Waals surface area contributed by atoms with Gasteiger partial charge in [0.25, 0.3) is 5.89 Å². The number of para-hydroxylation sites is 1. The van der Waals surface area contributed by atoms with Crippen LogP contribution in [-0.2, 0) is 6.18 Å². The lowest BCUT2D eigenvalue weighted by Crippen LogP contribution is -2.37. The van der Waals surface area contributed by atoms with E-state index >= 15 is 0 Å². The second kappa shape index (κ2) is 8.72. The third-order valence-corrected chi connectivity index (χ3v) is 5.24. The van der Waals surface area contributed by atoms with Crippen molar-refractivity contribution in [3.05, 3.63) is 83.6 Å². The summed E-state index contributed by atoms with van der Waals surface area (Å²) >= 11 is 0. The molecule has 0 spiro atoms. The van der Waals surface area contributed by atoms with Crippen LogP contribution in [0.25, 0.3) is 11.6 Å². The summed E-state index contributed by atoms with van der Waals surface area (Å²) in [5, 5.41) is 24.3. The minimum atomic E-state index is -4.59. The summed E-state index contributed by atoms with van der Waals surface area (Å²) in [6.07, 6.45) is -6.09. The Kier molecular flexibility index (Phi) is 5.57. The van der Waals surface area contributed by atoms with E-state index in [-0.39, 0.29) is 23.3 Å². The average Bonchev–Trinajstić information content (AvgIpc) is 3.25. The number of aliphatic hydroxyl groups excluding tert-OH is 1. The highest BCUT2D eigenvalue weighted by Crippen LogP contribution is 2.33. The number of nitrogens with two attached hydrogens (primary N) is 1. The standard InChI is InChI=1S/C23H18F3N7O2/c24-23(25,26)13-10-15(27)18(28-11-13)21-32-33-22(35-21)31-19-20(34)29-16-9-5-4-8-14(16)17(30-19)12-6-2-1-3-7-12/h1-11,19-20,29,34H,27H2,(H,31,33). The van der Waals surface area contributed by atoms with Crippen molar-refractivity contribution < 1.29 is 22.7 Å². The molecule has 5 N–H and O–H groups in total. The monoisotopic (exact) mass is 481 g/mol. The first-order valence-electron chi connectivity index (χ1n) is 10.4. The average molecular weight is 481 g/mol. The van der Waals surface area contributed by atoms with Gasteiger partial charge in [0.1, 0.15) is 0 Å². The van der Waals surface area contributed by atoms with Gasteiger partial charge < -0.3 is 25.9 Å². The molecule has 0 saturated heterocycles. The fraction of sp³-hybridized carbons (Fsp3) is 0.130. The summed E-state index contributed by atoms with van der Waals surface area (Å²) < 4.78 is 44.2. The number of hydrogen-bond acceptors (Lipinski definition) is 9. The van der Waals surface area contributed by atoms with Crippen molar-refractivity contribution in [2.75, 3.05) is 16.4 Å². The lowest BCUT2D eigenvalue weighted by molar-refractivity contribution is -0.137. The molecule has 0 aliphatic carbocycles.